The molecular formula is C24H24N2O3. The molecule has 1 aromatic heterocycles. The summed E-state index contributed by atoms with van der Waals surface area (Å²) in [7, 11) is 0. The standard InChI is InChI=1S/C24H24N2O3/c27-24(23-6-3-12-28-23)26-11-13-29-22-8-7-18(14-21(22)17-26)15-25-10-9-19-4-1-2-5-20(19)16-25/h1-8,12,14H,9-11,13,15-17H2. The molecule has 0 bridgehead atoms. The Kier molecular flexibility index (Phi) is 4.82. The van der Waals surface area contributed by atoms with Crippen LogP contribution < -0.4 is 4.74 Å². The lowest BCUT2D eigenvalue weighted by Crippen LogP contribution is -2.32. The van der Waals surface area contributed by atoms with Gasteiger partial charge >= 0.3 is 0 Å². The number of hydrogen-bond acceptors (Lipinski definition) is 4. The second kappa shape index (κ2) is 7.76. The van der Waals surface area contributed by atoms with Crippen LogP contribution in [-0.4, -0.2) is 35.4 Å². The molecule has 0 N–H and O–H groups in total. The molecular weight excluding hydrogens is 364 g/mol. The zero-order valence-corrected chi connectivity index (χ0v) is 16.3. The largest absolute Gasteiger partial charge is 0.491 e. The lowest BCUT2D eigenvalue weighted by molar-refractivity contribution is 0.0701. The van der Waals surface area contributed by atoms with Crippen molar-refractivity contribution >= 4 is 5.91 Å². The van der Waals surface area contributed by atoms with Crippen LogP contribution in [0, 0.1) is 0 Å². The number of hydrogen-bond donors (Lipinski definition) is 0. The lowest BCUT2D eigenvalue weighted by atomic mass is 9.99. The summed E-state index contributed by atoms with van der Waals surface area (Å²) in [4.78, 5) is 17.0. The summed E-state index contributed by atoms with van der Waals surface area (Å²) >= 11 is 0. The zero-order valence-electron chi connectivity index (χ0n) is 16.3. The zero-order chi connectivity index (χ0) is 19.6. The Hall–Kier alpha value is -3.05. The first-order chi connectivity index (χ1) is 14.3. The molecule has 5 heteroatoms. The summed E-state index contributed by atoms with van der Waals surface area (Å²) < 4.78 is 11.2. The third-order valence-corrected chi connectivity index (χ3v) is 5.74. The molecule has 29 heavy (non-hydrogen) atoms. The molecule has 2 aliphatic heterocycles. The second-order valence-corrected chi connectivity index (χ2v) is 7.72. The van der Waals surface area contributed by atoms with Crippen molar-refractivity contribution in [1.29, 1.82) is 0 Å². The minimum Gasteiger partial charge on any atom is -0.491 e. The van der Waals surface area contributed by atoms with E-state index in [0.29, 0.717) is 25.5 Å². The molecule has 3 aromatic rings. The number of furan rings is 1. The molecule has 148 valence electrons. The van der Waals surface area contributed by atoms with E-state index in [-0.39, 0.29) is 5.91 Å². The number of rotatable bonds is 3. The van der Waals surface area contributed by atoms with E-state index >= 15 is 0 Å². The minimum atomic E-state index is -0.0931. The average Bonchev–Trinajstić information content (AvgIpc) is 3.20. The van der Waals surface area contributed by atoms with Crippen LogP contribution >= 0.6 is 0 Å². The summed E-state index contributed by atoms with van der Waals surface area (Å²) in [6.07, 6.45) is 2.63. The van der Waals surface area contributed by atoms with Crippen molar-refractivity contribution in [3.8, 4) is 5.75 Å². The van der Waals surface area contributed by atoms with Gasteiger partial charge in [-0.15, -0.1) is 0 Å². The van der Waals surface area contributed by atoms with Crippen molar-refractivity contribution < 1.29 is 13.9 Å². The summed E-state index contributed by atoms with van der Waals surface area (Å²) in [5.74, 6) is 1.15. The predicted molar refractivity (Wildman–Crippen MR) is 110 cm³/mol. The molecule has 0 atom stereocenters. The fraction of sp³-hybridized carbons (Fsp3) is 0.292. The molecule has 3 heterocycles. The van der Waals surface area contributed by atoms with Gasteiger partial charge in [0, 0.05) is 31.7 Å². The van der Waals surface area contributed by atoms with E-state index in [9.17, 15) is 4.79 Å². The maximum atomic E-state index is 12.7. The van der Waals surface area contributed by atoms with E-state index in [2.05, 4.69) is 41.3 Å². The molecule has 5 rings (SSSR count). The number of fused-ring (bicyclic) bond motifs is 2. The van der Waals surface area contributed by atoms with Crippen molar-refractivity contribution in [3.05, 3.63) is 88.9 Å². The molecule has 1 amide bonds. The third-order valence-electron chi connectivity index (χ3n) is 5.74. The molecule has 0 spiro atoms. The van der Waals surface area contributed by atoms with Crippen LogP contribution in [0.15, 0.2) is 65.3 Å². The Balaban J connectivity index is 1.32. The molecule has 0 saturated heterocycles. The smallest absolute Gasteiger partial charge is 0.289 e. The van der Waals surface area contributed by atoms with Crippen molar-refractivity contribution in [2.45, 2.75) is 26.1 Å². The van der Waals surface area contributed by atoms with Crippen molar-refractivity contribution in [3.63, 3.8) is 0 Å². The summed E-state index contributed by atoms with van der Waals surface area (Å²) in [6, 6.07) is 18.5. The van der Waals surface area contributed by atoms with Crippen LogP contribution in [0.4, 0.5) is 0 Å². The highest BCUT2D eigenvalue weighted by atomic mass is 16.5. The average molecular weight is 388 g/mol. The highest BCUT2D eigenvalue weighted by molar-refractivity contribution is 5.91. The number of nitrogens with zero attached hydrogens (tertiary/aromatic N) is 2. The second-order valence-electron chi connectivity index (χ2n) is 7.72. The first-order valence-corrected chi connectivity index (χ1v) is 10.1. The van der Waals surface area contributed by atoms with Gasteiger partial charge in [0.1, 0.15) is 12.4 Å². The number of amides is 1. The van der Waals surface area contributed by atoms with Crippen LogP contribution in [-0.2, 0) is 26.1 Å². The molecule has 0 saturated carbocycles. The Morgan fingerprint density at radius 2 is 1.83 bits per heavy atom. The number of ether oxygens (including phenoxy) is 1. The maximum Gasteiger partial charge on any atom is 0.289 e. The fourth-order valence-corrected chi connectivity index (χ4v) is 4.22. The SMILES string of the molecule is O=C(c1ccco1)N1CCOc2ccc(CN3CCc4ccccc4C3)cc2C1. The van der Waals surface area contributed by atoms with E-state index in [1.54, 1.807) is 17.0 Å². The Bertz CT molecular complexity index is 1010. The number of benzene rings is 2. The van der Waals surface area contributed by atoms with Gasteiger partial charge < -0.3 is 14.1 Å². The van der Waals surface area contributed by atoms with Gasteiger partial charge in [-0.2, -0.15) is 0 Å². The van der Waals surface area contributed by atoms with Gasteiger partial charge in [0.25, 0.3) is 5.91 Å². The van der Waals surface area contributed by atoms with Crippen molar-refractivity contribution in [1.82, 2.24) is 9.80 Å². The molecule has 0 aliphatic carbocycles. The first kappa shape index (κ1) is 18.0. The monoisotopic (exact) mass is 388 g/mol. The maximum absolute atomic E-state index is 12.7. The number of carbonyl (C=O) groups excluding carboxylic acids is 1. The van der Waals surface area contributed by atoms with Crippen molar-refractivity contribution in [2.24, 2.45) is 0 Å². The van der Waals surface area contributed by atoms with Crippen LogP contribution in [0.3, 0.4) is 0 Å². The Labute approximate surface area is 170 Å². The molecule has 0 fully saturated rings. The van der Waals surface area contributed by atoms with E-state index in [1.165, 1.54) is 23.0 Å². The molecule has 2 aliphatic rings. The Morgan fingerprint density at radius 1 is 0.931 bits per heavy atom. The summed E-state index contributed by atoms with van der Waals surface area (Å²) in [5.41, 5.74) is 5.19. The minimum absolute atomic E-state index is 0.0931. The van der Waals surface area contributed by atoms with Crippen LogP contribution in [0.1, 0.15) is 32.8 Å². The van der Waals surface area contributed by atoms with Gasteiger partial charge in [0.05, 0.1) is 12.8 Å². The van der Waals surface area contributed by atoms with E-state index in [0.717, 1.165) is 37.4 Å². The van der Waals surface area contributed by atoms with E-state index in [4.69, 9.17) is 9.15 Å². The van der Waals surface area contributed by atoms with Crippen LogP contribution in [0.5, 0.6) is 5.75 Å². The summed E-state index contributed by atoms with van der Waals surface area (Å²) in [5, 5.41) is 0. The van der Waals surface area contributed by atoms with Gasteiger partial charge in [-0.05, 0) is 47.4 Å². The quantitative estimate of drug-likeness (QED) is 0.683. The lowest BCUT2D eigenvalue weighted by Gasteiger charge is -2.29. The van der Waals surface area contributed by atoms with E-state index in [1.807, 2.05) is 6.07 Å². The topological polar surface area (TPSA) is 45.9 Å². The molecule has 5 nitrogen and oxygen atoms in total. The van der Waals surface area contributed by atoms with Gasteiger partial charge in [0.2, 0.25) is 0 Å². The predicted octanol–water partition coefficient (Wildman–Crippen LogP) is 3.87. The normalized spacial score (nSPS) is 16.5. The summed E-state index contributed by atoms with van der Waals surface area (Å²) in [6.45, 7) is 4.51. The van der Waals surface area contributed by atoms with Gasteiger partial charge in [-0.25, -0.2) is 0 Å². The molecule has 0 unspecified atom stereocenters. The fourth-order valence-electron chi connectivity index (χ4n) is 4.22. The third kappa shape index (κ3) is 3.78. The van der Waals surface area contributed by atoms with Crippen LogP contribution in [0.2, 0.25) is 0 Å². The van der Waals surface area contributed by atoms with E-state index < -0.39 is 0 Å². The highest BCUT2D eigenvalue weighted by Crippen LogP contribution is 2.27. The van der Waals surface area contributed by atoms with Gasteiger partial charge in [-0.1, -0.05) is 30.3 Å². The van der Waals surface area contributed by atoms with Gasteiger partial charge in [-0.3, -0.25) is 9.69 Å². The van der Waals surface area contributed by atoms with Crippen LogP contribution in [0.25, 0.3) is 0 Å². The first-order valence-electron chi connectivity index (χ1n) is 10.1. The Morgan fingerprint density at radius 3 is 2.69 bits per heavy atom. The number of carbonyl (C=O) groups is 1. The molecule has 2 aromatic carbocycles. The highest BCUT2D eigenvalue weighted by Gasteiger charge is 2.23. The molecule has 0 radical (unpaired) electrons. The van der Waals surface area contributed by atoms with Gasteiger partial charge in [0.15, 0.2) is 5.76 Å². The van der Waals surface area contributed by atoms with Crippen molar-refractivity contribution in [2.75, 3.05) is 19.7 Å².